The second-order valence-electron chi connectivity index (χ2n) is 5.03. The maximum absolute atomic E-state index is 12.0. The van der Waals surface area contributed by atoms with Crippen molar-refractivity contribution in [2.24, 2.45) is 0 Å². The molecule has 0 saturated carbocycles. The Labute approximate surface area is 140 Å². The molecule has 0 spiro atoms. The molecule has 24 heavy (non-hydrogen) atoms. The van der Waals surface area contributed by atoms with Gasteiger partial charge in [0.2, 0.25) is 0 Å². The van der Waals surface area contributed by atoms with Crippen LogP contribution in [0.3, 0.4) is 0 Å². The van der Waals surface area contributed by atoms with Gasteiger partial charge in [0.05, 0.1) is 5.56 Å². The molecular weight excluding hydrogens is 306 g/mol. The van der Waals surface area contributed by atoms with E-state index in [1.807, 2.05) is 25.1 Å². The number of nitrogens with zero attached hydrogens (tertiary/aromatic N) is 1. The number of hydrogen-bond donors (Lipinski definition) is 0. The molecule has 5 heteroatoms. The smallest absolute Gasteiger partial charge is 0.344 e. The van der Waals surface area contributed by atoms with Gasteiger partial charge in [-0.3, -0.25) is 4.79 Å². The van der Waals surface area contributed by atoms with Crippen molar-refractivity contribution in [2.75, 3.05) is 13.2 Å². The zero-order chi connectivity index (χ0) is 17.4. The van der Waals surface area contributed by atoms with Gasteiger partial charge in [-0.25, -0.2) is 4.79 Å². The molecule has 0 N–H and O–H groups in total. The first kappa shape index (κ1) is 17.2. The lowest BCUT2D eigenvalue weighted by molar-refractivity contribution is -0.144. The molecule has 2 rings (SSSR count). The first-order valence-corrected chi connectivity index (χ1v) is 7.53. The highest BCUT2D eigenvalue weighted by molar-refractivity contribution is 5.98. The van der Waals surface area contributed by atoms with Crippen molar-refractivity contribution in [1.29, 1.82) is 5.26 Å². The molecule has 2 aromatic rings. The largest absolute Gasteiger partial charge is 0.481 e. The lowest BCUT2D eigenvalue weighted by atomic mass is 10.1. The molecule has 0 bridgehead atoms. The average molecular weight is 323 g/mol. The Hall–Kier alpha value is -3.13. The van der Waals surface area contributed by atoms with Crippen molar-refractivity contribution in [1.82, 2.24) is 0 Å². The number of ether oxygens (including phenoxy) is 2. The van der Waals surface area contributed by atoms with Crippen LogP contribution in [0.2, 0.25) is 0 Å². The summed E-state index contributed by atoms with van der Waals surface area (Å²) in [5.74, 6) is -0.636. The number of para-hydroxylation sites is 1. The molecule has 0 unspecified atom stereocenters. The maximum atomic E-state index is 12.0. The van der Waals surface area contributed by atoms with Crippen molar-refractivity contribution < 1.29 is 19.1 Å². The summed E-state index contributed by atoms with van der Waals surface area (Å²) in [5.41, 5.74) is 1.96. The van der Waals surface area contributed by atoms with Gasteiger partial charge in [-0.2, -0.15) is 5.26 Å². The van der Waals surface area contributed by atoms with Gasteiger partial charge >= 0.3 is 5.97 Å². The summed E-state index contributed by atoms with van der Waals surface area (Å²) in [7, 11) is 0. The van der Waals surface area contributed by atoms with Gasteiger partial charge in [-0.05, 0) is 24.1 Å². The number of esters is 1. The second-order valence-corrected chi connectivity index (χ2v) is 5.03. The molecule has 0 amide bonds. The van der Waals surface area contributed by atoms with Gasteiger partial charge in [0.1, 0.15) is 11.8 Å². The predicted octanol–water partition coefficient (Wildman–Crippen LogP) is 2.93. The van der Waals surface area contributed by atoms with E-state index in [0.29, 0.717) is 16.9 Å². The van der Waals surface area contributed by atoms with Crippen LogP contribution in [0.1, 0.15) is 28.4 Å². The molecule has 0 radical (unpaired) electrons. The molecule has 0 aliphatic rings. The number of ketones is 1. The fourth-order valence-corrected chi connectivity index (χ4v) is 2.02. The van der Waals surface area contributed by atoms with E-state index in [4.69, 9.17) is 14.7 Å². The monoisotopic (exact) mass is 323 g/mol. The van der Waals surface area contributed by atoms with E-state index in [0.717, 1.165) is 12.0 Å². The third-order valence-electron chi connectivity index (χ3n) is 3.40. The molecule has 0 atom stereocenters. The normalized spacial score (nSPS) is 9.83. The molecule has 0 aliphatic heterocycles. The Morgan fingerprint density at radius 1 is 1.04 bits per heavy atom. The van der Waals surface area contributed by atoms with Crippen LogP contribution < -0.4 is 4.74 Å². The fraction of sp³-hybridized carbons (Fsp3) is 0.211. The SMILES string of the molecule is CCc1ccc(C(=O)COC(=O)COc2ccccc2C#N)cc1. The predicted molar refractivity (Wildman–Crippen MR) is 87.8 cm³/mol. The highest BCUT2D eigenvalue weighted by Crippen LogP contribution is 2.16. The molecule has 0 saturated heterocycles. The lowest BCUT2D eigenvalue weighted by Gasteiger charge is -2.08. The first-order chi connectivity index (χ1) is 11.6. The van der Waals surface area contributed by atoms with E-state index < -0.39 is 5.97 Å². The van der Waals surface area contributed by atoms with Crippen LogP contribution in [0.25, 0.3) is 0 Å². The van der Waals surface area contributed by atoms with Gasteiger partial charge in [0.15, 0.2) is 19.0 Å². The number of carbonyl (C=O) groups is 2. The quantitative estimate of drug-likeness (QED) is 0.578. The number of hydrogen-bond acceptors (Lipinski definition) is 5. The number of rotatable bonds is 7. The number of Topliss-reactive ketones (excluding diaryl/α,β-unsaturated/α-hetero) is 1. The fourth-order valence-electron chi connectivity index (χ4n) is 2.02. The minimum absolute atomic E-state index is 0.275. The highest BCUT2D eigenvalue weighted by atomic mass is 16.6. The number of aryl methyl sites for hydroxylation is 1. The van der Waals surface area contributed by atoms with Crippen molar-refractivity contribution in [2.45, 2.75) is 13.3 Å². The summed E-state index contributed by atoms with van der Waals surface area (Å²) in [6.07, 6.45) is 0.894. The second kappa shape index (κ2) is 8.49. The van der Waals surface area contributed by atoms with Crippen LogP contribution in [0.5, 0.6) is 5.75 Å². The molecule has 2 aromatic carbocycles. The number of nitriles is 1. The van der Waals surface area contributed by atoms with Crippen LogP contribution in [0.4, 0.5) is 0 Å². The maximum Gasteiger partial charge on any atom is 0.344 e. The Balaban J connectivity index is 1.82. The summed E-state index contributed by atoms with van der Waals surface area (Å²) in [5, 5.41) is 8.93. The third-order valence-corrected chi connectivity index (χ3v) is 3.40. The molecule has 0 fully saturated rings. The van der Waals surface area contributed by atoms with E-state index in [9.17, 15) is 9.59 Å². The molecule has 0 heterocycles. The first-order valence-electron chi connectivity index (χ1n) is 7.53. The minimum atomic E-state index is -0.665. The number of benzene rings is 2. The molecule has 5 nitrogen and oxygen atoms in total. The molecule has 0 aliphatic carbocycles. The van der Waals surface area contributed by atoms with Crippen molar-refractivity contribution in [3.8, 4) is 11.8 Å². The zero-order valence-corrected chi connectivity index (χ0v) is 13.3. The van der Waals surface area contributed by atoms with Crippen LogP contribution in [0, 0.1) is 11.3 Å². The Morgan fingerprint density at radius 3 is 2.42 bits per heavy atom. The van der Waals surface area contributed by atoms with Gasteiger partial charge in [-0.1, -0.05) is 43.3 Å². The zero-order valence-electron chi connectivity index (χ0n) is 13.3. The summed E-state index contributed by atoms with van der Waals surface area (Å²) in [4.78, 5) is 23.6. The Bertz CT molecular complexity index is 760. The average Bonchev–Trinajstić information content (AvgIpc) is 2.64. The Morgan fingerprint density at radius 2 is 1.75 bits per heavy atom. The highest BCUT2D eigenvalue weighted by Gasteiger charge is 2.11. The molecular formula is C19H17NO4. The van der Waals surface area contributed by atoms with E-state index in [1.165, 1.54) is 0 Å². The van der Waals surface area contributed by atoms with E-state index in [2.05, 4.69) is 0 Å². The van der Waals surface area contributed by atoms with Crippen molar-refractivity contribution in [3.05, 3.63) is 65.2 Å². The van der Waals surface area contributed by atoms with Gasteiger partial charge in [0.25, 0.3) is 0 Å². The van der Waals surface area contributed by atoms with Crippen LogP contribution in [-0.4, -0.2) is 25.0 Å². The topological polar surface area (TPSA) is 76.4 Å². The number of carbonyl (C=O) groups excluding carboxylic acids is 2. The van der Waals surface area contributed by atoms with Crippen molar-refractivity contribution >= 4 is 11.8 Å². The van der Waals surface area contributed by atoms with Crippen LogP contribution in [-0.2, 0) is 16.0 Å². The Kier molecular flexibility index (Phi) is 6.09. The van der Waals surface area contributed by atoms with Gasteiger partial charge in [-0.15, -0.1) is 0 Å². The van der Waals surface area contributed by atoms with Crippen LogP contribution in [0.15, 0.2) is 48.5 Å². The third kappa shape index (κ3) is 4.68. The summed E-state index contributed by atoms with van der Waals surface area (Å²) in [6, 6.07) is 15.7. The lowest BCUT2D eigenvalue weighted by Crippen LogP contribution is -2.19. The van der Waals surface area contributed by atoms with Crippen LogP contribution >= 0.6 is 0 Å². The molecule has 122 valence electrons. The van der Waals surface area contributed by atoms with E-state index in [-0.39, 0.29) is 19.0 Å². The molecule has 0 aromatic heterocycles. The van der Waals surface area contributed by atoms with E-state index in [1.54, 1.807) is 36.4 Å². The van der Waals surface area contributed by atoms with Gasteiger partial charge in [0, 0.05) is 5.56 Å². The summed E-state index contributed by atoms with van der Waals surface area (Å²) in [6.45, 7) is 1.33. The minimum Gasteiger partial charge on any atom is -0.481 e. The van der Waals surface area contributed by atoms with E-state index >= 15 is 0 Å². The van der Waals surface area contributed by atoms with Gasteiger partial charge < -0.3 is 9.47 Å². The summed E-state index contributed by atoms with van der Waals surface area (Å²) >= 11 is 0. The summed E-state index contributed by atoms with van der Waals surface area (Å²) < 4.78 is 10.2. The standard InChI is InChI=1S/C19H17NO4/c1-2-14-7-9-15(10-8-14)17(21)12-24-19(22)13-23-18-6-4-3-5-16(18)11-20/h3-10H,2,12-13H2,1H3. The van der Waals surface area contributed by atoms with Crippen molar-refractivity contribution in [3.63, 3.8) is 0 Å².